The van der Waals surface area contributed by atoms with Crippen molar-refractivity contribution in [3.8, 4) is 0 Å². The highest BCUT2D eigenvalue weighted by Gasteiger charge is 2.28. The van der Waals surface area contributed by atoms with E-state index in [4.69, 9.17) is 4.74 Å². The Bertz CT molecular complexity index is 364. The molecular weight excluding hydrogens is 214 g/mol. The van der Waals surface area contributed by atoms with Gasteiger partial charge in [0.1, 0.15) is 12.6 Å². The summed E-state index contributed by atoms with van der Waals surface area (Å²) in [5.41, 5.74) is 1.03. The van der Waals surface area contributed by atoms with Gasteiger partial charge >= 0.3 is 5.97 Å². The van der Waals surface area contributed by atoms with Crippen molar-refractivity contribution in [2.24, 2.45) is 0 Å². The van der Waals surface area contributed by atoms with Crippen molar-refractivity contribution in [2.45, 2.75) is 44.9 Å². The Labute approximate surface area is 102 Å². The first-order valence-corrected chi connectivity index (χ1v) is 6.26. The van der Waals surface area contributed by atoms with Crippen LogP contribution < -0.4 is 5.32 Å². The van der Waals surface area contributed by atoms with Crippen molar-refractivity contribution in [1.29, 1.82) is 0 Å². The van der Waals surface area contributed by atoms with E-state index in [1.165, 1.54) is 0 Å². The topological polar surface area (TPSA) is 38.3 Å². The van der Waals surface area contributed by atoms with Crippen LogP contribution in [0.25, 0.3) is 0 Å². The summed E-state index contributed by atoms with van der Waals surface area (Å²) in [4.78, 5) is 11.8. The predicted molar refractivity (Wildman–Crippen MR) is 66.5 cm³/mol. The van der Waals surface area contributed by atoms with Gasteiger partial charge in [0.05, 0.1) is 0 Å². The molecule has 17 heavy (non-hydrogen) atoms. The number of ether oxygens (including phenoxy) is 1. The van der Waals surface area contributed by atoms with Crippen LogP contribution in [0.2, 0.25) is 0 Å². The number of nitrogens with one attached hydrogen (secondary N) is 1. The number of hydrogen-bond donors (Lipinski definition) is 1. The van der Waals surface area contributed by atoms with Gasteiger partial charge in [-0.25, -0.2) is 0 Å². The normalized spacial score (nSPS) is 23.6. The average Bonchev–Trinajstić information content (AvgIpc) is 2.86. The van der Waals surface area contributed by atoms with Crippen molar-refractivity contribution in [1.82, 2.24) is 5.32 Å². The first-order valence-electron chi connectivity index (χ1n) is 6.26. The fourth-order valence-electron chi connectivity index (χ4n) is 2.16. The van der Waals surface area contributed by atoms with E-state index in [0.717, 1.165) is 24.8 Å². The van der Waals surface area contributed by atoms with Crippen LogP contribution >= 0.6 is 0 Å². The number of esters is 1. The van der Waals surface area contributed by atoms with Crippen LogP contribution in [0.1, 0.15) is 31.7 Å². The zero-order chi connectivity index (χ0) is 12.1. The summed E-state index contributed by atoms with van der Waals surface area (Å²) in [6.45, 7) is 2.50. The average molecular weight is 233 g/mol. The molecule has 1 fully saturated rings. The molecule has 1 saturated heterocycles. The van der Waals surface area contributed by atoms with Gasteiger partial charge in [-0.1, -0.05) is 37.3 Å². The minimum atomic E-state index is -0.121. The summed E-state index contributed by atoms with van der Waals surface area (Å²) < 4.78 is 5.30. The Kier molecular flexibility index (Phi) is 4.15. The first-order chi connectivity index (χ1) is 8.29. The highest BCUT2D eigenvalue weighted by Crippen LogP contribution is 2.16. The number of carbonyl (C=O) groups excluding carboxylic acids is 1. The summed E-state index contributed by atoms with van der Waals surface area (Å²) in [6.07, 6.45) is 3.04. The zero-order valence-corrected chi connectivity index (χ0v) is 10.2. The van der Waals surface area contributed by atoms with Gasteiger partial charge in [0, 0.05) is 6.04 Å². The molecule has 2 atom stereocenters. The largest absolute Gasteiger partial charge is 0.460 e. The van der Waals surface area contributed by atoms with Crippen molar-refractivity contribution in [3.05, 3.63) is 35.9 Å². The van der Waals surface area contributed by atoms with Crippen LogP contribution in [0.4, 0.5) is 0 Å². The predicted octanol–water partition coefficient (Wildman–Crippen LogP) is 2.26. The summed E-state index contributed by atoms with van der Waals surface area (Å²) in [7, 11) is 0. The molecule has 0 aliphatic carbocycles. The van der Waals surface area contributed by atoms with Crippen LogP contribution in [0.3, 0.4) is 0 Å². The summed E-state index contributed by atoms with van der Waals surface area (Å²) in [5, 5.41) is 3.30. The molecule has 0 spiro atoms. The van der Waals surface area contributed by atoms with E-state index in [1.807, 2.05) is 30.3 Å². The second-order valence-electron chi connectivity index (χ2n) is 4.50. The Hall–Kier alpha value is -1.35. The van der Waals surface area contributed by atoms with Gasteiger partial charge in [-0.3, -0.25) is 4.79 Å². The number of rotatable bonds is 4. The van der Waals surface area contributed by atoms with Crippen molar-refractivity contribution < 1.29 is 9.53 Å². The lowest BCUT2D eigenvalue weighted by Gasteiger charge is -2.12. The summed E-state index contributed by atoms with van der Waals surface area (Å²) in [5.74, 6) is -0.121. The standard InChI is InChI=1S/C14H19NO2/c1-2-12-8-9-13(15-12)14(16)17-10-11-6-4-3-5-7-11/h3-7,12-13,15H,2,8-10H2,1H3. The van der Waals surface area contributed by atoms with E-state index >= 15 is 0 Å². The van der Waals surface area contributed by atoms with Gasteiger partial charge in [0.2, 0.25) is 0 Å². The van der Waals surface area contributed by atoms with Gasteiger partial charge in [0.15, 0.2) is 0 Å². The molecule has 1 aliphatic heterocycles. The molecule has 2 unspecified atom stereocenters. The van der Waals surface area contributed by atoms with Gasteiger partial charge < -0.3 is 10.1 Å². The van der Waals surface area contributed by atoms with Gasteiger partial charge in [-0.15, -0.1) is 0 Å². The molecule has 0 aromatic heterocycles. The Balaban J connectivity index is 1.78. The molecule has 3 nitrogen and oxygen atoms in total. The molecule has 92 valence electrons. The van der Waals surface area contributed by atoms with Gasteiger partial charge in [-0.2, -0.15) is 0 Å². The molecule has 0 saturated carbocycles. The van der Waals surface area contributed by atoms with Gasteiger partial charge in [-0.05, 0) is 24.8 Å². The van der Waals surface area contributed by atoms with Crippen LogP contribution in [-0.2, 0) is 16.1 Å². The lowest BCUT2D eigenvalue weighted by molar-refractivity contribution is -0.147. The lowest BCUT2D eigenvalue weighted by atomic mass is 10.1. The van der Waals surface area contributed by atoms with Crippen LogP contribution in [0.15, 0.2) is 30.3 Å². The SMILES string of the molecule is CCC1CCC(C(=O)OCc2ccccc2)N1. The maximum atomic E-state index is 11.8. The minimum absolute atomic E-state index is 0.108. The van der Waals surface area contributed by atoms with Crippen molar-refractivity contribution in [2.75, 3.05) is 0 Å². The monoisotopic (exact) mass is 233 g/mol. The molecule has 1 aromatic carbocycles. The Morgan fingerprint density at radius 1 is 1.35 bits per heavy atom. The third-order valence-corrected chi connectivity index (χ3v) is 3.24. The second-order valence-corrected chi connectivity index (χ2v) is 4.50. The molecule has 0 bridgehead atoms. The molecule has 1 heterocycles. The molecule has 3 heteroatoms. The molecule has 0 amide bonds. The summed E-state index contributed by atoms with van der Waals surface area (Å²) >= 11 is 0. The molecular formula is C14H19NO2. The third-order valence-electron chi connectivity index (χ3n) is 3.24. The maximum absolute atomic E-state index is 11.8. The van der Waals surface area contributed by atoms with Crippen molar-refractivity contribution >= 4 is 5.97 Å². The highest BCUT2D eigenvalue weighted by molar-refractivity contribution is 5.76. The Morgan fingerprint density at radius 2 is 2.12 bits per heavy atom. The molecule has 1 N–H and O–H groups in total. The van der Waals surface area contributed by atoms with Crippen LogP contribution in [0, 0.1) is 0 Å². The number of carbonyl (C=O) groups is 1. The van der Waals surface area contributed by atoms with Crippen molar-refractivity contribution in [3.63, 3.8) is 0 Å². The van der Waals surface area contributed by atoms with Gasteiger partial charge in [0.25, 0.3) is 0 Å². The molecule has 0 radical (unpaired) electrons. The number of benzene rings is 1. The van der Waals surface area contributed by atoms with E-state index in [9.17, 15) is 4.79 Å². The quantitative estimate of drug-likeness (QED) is 0.811. The van der Waals surface area contributed by atoms with Crippen LogP contribution in [0.5, 0.6) is 0 Å². The van der Waals surface area contributed by atoms with E-state index in [0.29, 0.717) is 12.6 Å². The zero-order valence-electron chi connectivity index (χ0n) is 10.2. The fraction of sp³-hybridized carbons (Fsp3) is 0.500. The second kappa shape index (κ2) is 5.82. The molecule has 1 aromatic rings. The lowest BCUT2D eigenvalue weighted by Crippen LogP contribution is -2.36. The molecule has 1 aliphatic rings. The maximum Gasteiger partial charge on any atom is 0.323 e. The first kappa shape index (κ1) is 12.1. The van der Waals surface area contributed by atoms with E-state index in [1.54, 1.807) is 0 Å². The third kappa shape index (κ3) is 3.30. The minimum Gasteiger partial charge on any atom is -0.460 e. The van der Waals surface area contributed by atoms with E-state index < -0.39 is 0 Å². The highest BCUT2D eigenvalue weighted by atomic mass is 16.5. The molecule has 2 rings (SSSR count). The fourth-order valence-corrected chi connectivity index (χ4v) is 2.16. The van der Waals surface area contributed by atoms with Crippen LogP contribution in [-0.4, -0.2) is 18.1 Å². The van der Waals surface area contributed by atoms with E-state index in [2.05, 4.69) is 12.2 Å². The number of hydrogen-bond acceptors (Lipinski definition) is 3. The van der Waals surface area contributed by atoms with E-state index in [-0.39, 0.29) is 12.0 Å². The summed E-state index contributed by atoms with van der Waals surface area (Å²) in [6, 6.07) is 10.1. The Morgan fingerprint density at radius 3 is 2.76 bits per heavy atom. The smallest absolute Gasteiger partial charge is 0.323 e.